The molecule has 134 valence electrons. The van der Waals surface area contributed by atoms with E-state index in [0.29, 0.717) is 22.9 Å². The molecule has 0 saturated heterocycles. The highest BCUT2D eigenvalue weighted by Crippen LogP contribution is 2.33. The third kappa shape index (κ3) is 3.85. The number of carboxylic acid groups (broad SMARTS) is 1. The van der Waals surface area contributed by atoms with Crippen LogP contribution in [0.5, 0.6) is 11.5 Å². The maximum absolute atomic E-state index is 12.9. The van der Waals surface area contributed by atoms with Gasteiger partial charge in [-0.05, 0) is 55.5 Å². The zero-order chi connectivity index (χ0) is 18.6. The Kier molecular flexibility index (Phi) is 5.53. The number of carbonyl (C=O) groups is 1. The van der Waals surface area contributed by atoms with Crippen LogP contribution in [0.2, 0.25) is 0 Å². The molecule has 0 saturated carbocycles. The fraction of sp³-hybridized carbons (Fsp3) is 0.235. The van der Waals surface area contributed by atoms with Crippen LogP contribution in [0.25, 0.3) is 0 Å². The number of sulfonamides is 1. The monoisotopic (exact) mass is 365 g/mol. The number of benzene rings is 2. The van der Waals surface area contributed by atoms with E-state index in [0.717, 1.165) is 11.2 Å². The lowest BCUT2D eigenvalue weighted by molar-refractivity contribution is -0.136. The predicted octanol–water partition coefficient (Wildman–Crippen LogP) is 2.64. The van der Waals surface area contributed by atoms with E-state index >= 15 is 0 Å². The van der Waals surface area contributed by atoms with E-state index in [2.05, 4.69) is 0 Å². The zero-order valence-corrected chi connectivity index (χ0v) is 14.9. The van der Waals surface area contributed by atoms with Gasteiger partial charge in [0.15, 0.2) is 5.25 Å². The summed E-state index contributed by atoms with van der Waals surface area (Å²) in [7, 11) is -1.19. The third-order valence-electron chi connectivity index (χ3n) is 3.66. The van der Waals surface area contributed by atoms with Gasteiger partial charge in [0.2, 0.25) is 0 Å². The lowest BCUT2D eigenvalue weighted by atomic mass is 10.2. The standard InChI is InChI=1S/C17H19NO6S/c1-12(17(19)20)25(21,22)18(13-4-8-15(23-2)9-5-13)14-6-10-16(24-3)11-7-14/h4-12H,1-3H3,(H,19,20)/t12-/m0/s1. The van der Waals surface area contributed by atoms with Crippen molar-refractivity contribution < 1.29 is 27.8 Å². The van der Waals surface area contributed by atoms with Gasteiger partial charge in [-0.25, -0.2) is 12.7 Å². The van der Waals surface area contributed by atoms with E-state index in [1.54, 1.807) is 48.5 Å². The first-order chi connectivity index (χ1) is 11.8. The van der Waals surface area contributed by atoms with Gasteiger partial charge < -0.3 is 14.6 Å². The molecule has 8 heteroatoms. The fourth-order valence-corrected chi connectivity index (χ4v) is 3.57. The maximum atomic E-state index is 12.9. The van der Waals surface area contributed by atoms with Crippen molar-refractivity contribution in [2.45, 2.75) is 12.2 Å². The normalized spacial score (nSPS) is 12.3. The van der Waals surface area contributed by atoms with E-state index in [-0.39, 0.29) is 0 Å². The van der Waals surface area contributed by atoms with Crippen LogP contribution in [-0.4, -0.2) is 39.0 Å². The summed E-state index contributed by atoms with van der Waals surface area (Å²) in [5, 5.41) is 7.56. The highest BCUT2D eigenvalue weighted by Gasteiger charge is 2.35. The molecule has 25 heavy (non-hydrogen) atoms. The van der Waals surface area contributed by atoms with Gasteiger partial charge in [0.25, 0.3) is 10.0 Å². The second-order valence-corrected chi connectivity index (χ2v) is 7.29. The molecule has 1 atom stereocenters. The van der Waals surface area contributed by atoms with Gasteiger partial charge in [0.05, 0.1) is 25.6 Å². The summed E-state index contributed by atoms with van der Waals surface area (Å²) in [6.45, 7) is 1.14. The van der Waals surface area contributed by atoms with E-state index in [1.165, 1.54) is 14.2 Å². The van der Waals surface area contributed by atoms with Gasteiger partial charge in [0, 0.05) is 0 Å². The molecule has 2 rings (SSSR count). The Morgan fingerprint density at radius 1 is 0.920 bits per heavy atom. The first-order valence-electron chi connectivity index (χ1n) is 7.36. The third-order valence-corrected chi connectivity index (χ3v) is 5.69. The molecule has 0 spiro atoms. The number of nitrogens with zero attached hydrogens (tertiary/aromatic N) is 1. The summed E-state index contributed by atoms with van der Waals surface area (Å²) in [6.07, 6.45) is 0. The van der Waals surface area contributed by atoms with Crippen molar-refractivity contribution in [3.63, 3.8) is 0 Å². The van der Waals surface area contributed by atoms with Crippen LogP contribution in [0, 0.1) is 0 Å². The highest BCUT2D eigenvalue weighted by atomic mass is 32.2. The maximum Gasteiger partial charge on any atom is 0.323 e. The molecule has 0 amide bonds. The summed E-state index contributed by atoms with van der Waals surface area (Å²) in [5.41, 5.74) is 0.609. The quantitative estimate of drug-likeness (QED) is 0.811. The number of hydrogen-bond donors (Lipinski definition) is 1. The van der Waals surface area contributed by atoms with Gasteiger partial charge in [-0.15, -0.1) is 0 Å². The molecule has 1 N–H and O–H groups in total. The minimum Gasteiger partial charge on any atom is -0.497 e. The van der Waals surface area contributed by atoms with Crippen LogP contribution in [-0.2, 0) is 14.8 Å². The summed E-state index contributed by atoms with van der Waals surface area (Å²) in [4.78, 5) is 11.3. The van der Waals surface area contributed by atoms with Crippen molar-refractivity contribution in [3.8, 4) is 11.5 Å². The van der Waals surface area contributed by atoms with Gasteiger partial charge in [-0.3, -0.25) is 4.79 Å². The Hall–Kier alpha value is -2.74. The minimum absolute atomic E-state index is 0.305. The van der Waals surface area contributed by atoms with Gasteiger partial charge >= 0.3 is 5.97 Å². The van der Waals surface area contributed by atoms with Crippen LogP contribution in [0.15, 0.2) is 48.5 Å². The molecular formula is C17H19NO6S. The average Bonchev–Trinajstić information content (AvgIpc) is 2.62. The second kappa shape index (κ2) is 7.43. The lowest BCUT2D eigenvalue weighted by Crippen LogP contribution is -2.38. The second-order valence-electron chi connectivity index (χ2n) is 5.19. The highest BCUT2D eigenvalue weighted by molar-refractivity contribution is 7.94. The van der Waals surface area contributed by atoms with Crippen LogP contribution in [0.1, 0.15) is 6.92 Å². The summed E-state index contributed by atoms with van der Waals surface area (Å²) in [5.74, 6) is -0.309. The molecule has 0 radical (unpaired) electrons. The largest absolute Gasteiger partial charge is 0.497 e. The van der Waals surface area contributed by atoms with Crippen molar-refractivity contribution in [2.75, 3.05) is 18.5 Å². The Labute approximate surface area is 146 Å². The Bertz CT molecular complexity index is 783. The van der Waals surface area contributed by atoms with E-state index < -0.39 is 21.2 Å². The van der Waals surface area contributed by atoms with Crippen LogP contribution in [0.3, 0.4) is 0 Å². The van der Waals surface area contributed by atoms with E-state index in [4.69, 9.17) is 9.47 Å². The molecule has 0 aliphatic carbocycles. The summed E-state index contributed by atoms with van der Waals surface area (Å²) in [6, 6.07) is 12.6. The number of hydrogen-bond acceptors (Lipinski definition) is 5. The first-order valence-corrected chi connectivity index (χ1v) is 8.86. The molecule has 2 aromatic carbocycles. The Morgan fingerprint density at radius 3 is 1.56 bits per heavy atom. The molecule has 0 fully saturated rings. The number of methoxy groups -OCH3 is 2. The van der Waals surface area contributed by atoms with Crippen LogP contribution < -0.4 is 13.8 Å². The minimum atomic E-state index is -4.19. The van der Waals surface area contributed by atoms with E-state index in [1.807, 2.05) is 0 Å². The number of anilines is 2. The summed E-state index contributed by atoms with van der Waals surface area (Å²) >= 11 is 0. The molecule has 0 aliphatic heterocycles. The SMILES string of the molecule is COc1ccc(N(c2ccc(OC)cc2)S(=O)(=O)[C@@H](C)C(=O)O)cc1. The average molecular weight is 365 g/mol. The number of carboxylic acids is 1. The molecular weight excluding hydrogens is 346 g/mol. The van der Waals surface area contributed by atoms with Gasteiger partial charge in [0.1, 0.15) is 11.5 Å². The number of ether oxygens (including phenoxy) is 2. The van der Waals surface area contributed by atoms with Gasteiger partial charge in [-0.1, -0.05) is 0 Å². The number of rotatable bonds is 7. The van der Waals surface area contributed by atoms with Crippen LogP contribution in [0.4, 0.5) is 11.4 Å². The van der Waals surface area contributed by atoms with Crippen molar-refractivity contribution in [1.29, 1.82) is 0 Å². The molecule has 2 aromatic rings. The Morgan fingerprint density at radius 2 is 1.28 bits per heavy atom. The van der Waals surface area contributed by atoms with Crippen molar-refractivity contribution in [1.82, 2.24) is 0 Å². The van der Waals surface area contributed by atoms with Crippen molar-refractivity contribution >= 4 is 27.4 Å². The molecule has 0 bridgehead atoms. The smallest absolute Gasteiger partial charge is 0.323 e. The predicted molar refractivity (Wildman–Crippen MR) is 94.1 cm³/mol. The van der Waals surface area contributed by atoms with Crippen molar-refractivity contribution in [3.05, 3.63) is 48.5 Å². The molecule has 0 heterocycles. The summed E-state index contributed by atoms with van der Waals surface area (Å²) < 4.78 is 36.9. The van der Waals surface area contributed by atoms with Gasteiger partial charge in [-0.2, -0.15) is 0 Å². The molecule has 0 aromatic heterocycles. The molecule has 0 unspecified atom stereocenters. The topological polar surface area (TPSA) is 93.1 Å². The van der Waals surface area contributed by atoms with E-state index in [9.17, 15) is 18.3 Å². The number of aliphatic carboxylic acids is 1. The molecule has 0 aliphatic rings. The van der Waals surface area contributed by atoms with Crippen molar-refractivity contribution in [2.24, 2.45) is 0 Å². The molecule has 7 nitrogen and oxygen atoms in total. The first kappa shape index (κ1) is 18.6. The van der Waals surface area contributed by atoms with Crippen LogP contribution >= 0.6 is 0 Å². The lowest BCUT2D eigenvalue weighted by Gasteiger charge is -2.26. The zero-order valence-electron chi connectivity index (χ0n) is 14.0. The fourth-order valence-electron chi connectivity index (χ4n) is 2.16. The Balaban J connectivity index is 2.59.